The van der Waals surface area contributed by atoms with Gasteiger partial charge in [-0.2, -0.15) is 9.97 Å². The number of hydrogen-bond acceptors (Lipinski definition) is 10. The molecule has 5 atom stereocenters. The average molecular weight is 452 g/mol. The number of halogens is 2. The zero-order valence-corrected chi connectivity index (χ0v) is 17.5. The highest BCUT2D eigenvalue weighted by atomic mass is 35.5. The number of fused-ring (bicyclic) bond motifs is 2. The summed E-state index contributed by atoms with van der Waals surface area (Å²) < 4.78 is 56.4. The molecule has 160 valence electrons. The number of phosphoric acid groups is 1. The Hall–Kier alpha value is -1.56. The van der Waals surface area contributed by atoms with Crippen molar-refractivity contribution in [3.63, 3.8) is 0 Å². The van der Waals surface area contributed by atoms with Gasteiger partial charge in [-0.15, -0.1) is 0 Å². The zero-order valence-electron chi connectivity index (χ0n) is 15.8. The van der Waals surface area contributed by atoms with Crippen LogP contribution in [0.15, 0.2) is 6.33 Å². The molecule has 2 aliphatic heterocycles. The number of ether oxygens (including phenoxy) is 2. The molecule has 4 rings (SSSR count). The maximum absolute atomic E-state index is 15.7. The summed E-state index contributed by atoms with van der Waals surface area (Å²) in [5.74, 6) is 0.0594. The maximum Gasteiger partial charge on any atom is 0.475 e. The van der Waals surface area contributed by atoms with Crippen molar-refractivity contribution in [3.8, 4) is 5.88 Å². The molecule has 11 nitrogen and oxygen atoms in total. The average Bonchev–Trinajstić information content (AvgIpc) is 3.13. The normalized spacial score (nSPS) is 34.6. The van der Waals surface area contributed by atoms with E-state index in [0.29, 0.717) is 6.61 Å². The molecule has 2 aromatic rings. The van der Waals surface area contributed by atoms with E-state index in [1.54, 1.807) is 20.8 Å². The number of aromatic nitrogens is 4. The number of imidazole rings is 1. The third-order valence-electron chi connectivity index (χ3n) is 4.27. The standard InChI is InChI=1S/C15H20ClFN5O6P/c1-4-24-12-9-11(20-14(18)21-12)22(6-19-9)13-15(16,17)10-8(26-13)5-25-29(23,28-10)27-7(2)3/h6-8,10,13H,4-5H2,1-3H3,(H2,18,20,21)/t8-,10-,13-,15-,29?/m1/s1. The summed E-state index contributed by atoms with van der Waals surface area (Å²) in [6, 6.07) is 0. The van der Waals surface area contributed by atoms with E-state index in [1.165, 1.54) is 10.9 Å². The summed E-state index contributed by atoms with van der Waals surface area (Å²) in [6.45, 7) is 5.16. The molecule has 2 aliphatic rings. The van der Waals surface area contributed by atoms with Crippen LogP contribution in [0.2, 0.25) is 0 Å². The lowest BCUT2D eigenvalue weighted by Crippen LogP contribution is -2.43. The van der Waals surface area contributed by atoms with Crippen molar-refractivity contribution in [1.82, 2.24) is 19.5 Å². The largest absolute Gasteiger partial charge is 0.476 e. The van der Waals surface area contributed by atoms with Crippen LogP contribution in [-0.2, 0) is 22.9 Å². The van der Waals surface area contributed by atoms with Crippen LogP contribution in [0.4, 0.5) is 10.3 Å². The van der Waals surface area contributed by atoms with Gasteiger partial charge in [0.2, 0.25) is 11.8 Å². The summed E-state index contributed by atoms with van der Waals surface area (Å²) in [7, 11) is -3.99. The van der Waals surface area contributed by atoms with Crippen molar-refractivity contribution < 1.29 is 32.0 Å². The molecule has 0 saturated carbocycles. The Kier molecular flexibility index (Phi) is 5.21. The van der Waals surface area contributed by atoms with Crippen LogP contribution in [-0.4, -0.2) is 56.2 Å². The van der Waals surface area contributed by atoms with Gasteiger partial charge in [0, 0.05) is 0 Å². The summed E-state index contributed by atoms with van der Waals surface area (Å²) in [5, 5.41) is -2.62. The van der Waals surface area contributed by atoms with Crippen LogP contribution in [0, 0.1) is 0 Å². The molecule has 0 aromatic carbocycles. The molecule has 29 heavy (non-hydrogen) atoms. The lowest BCUT2D eigenvalue weighted by atomic mass is 10.1. The number of hydrogen-bond donors (Lipinski definition) is 1. The smallest absolute Gasteiger partial charge is 0.475 e. The molecule has 4 heterocycles. The third kappa shape index (κ3) is 3.58. The fourth-order valence-electron chi connectivity index (χ4n) is 3.20. The van der Waals surface area contributed by atoms with Crippen LogP contribution in [0.3, 0.4) is 0 Å². The van der Waals surface area contributed by atoms with Crippen molar-refractivity contribution in [2.24, 2.45) is 0 Å². The molecular weight excluding hydrogens is 432 g/mol. The molecular formula is C15H20ClFN5O6P. The van der Waals surface area contributed by atoms with E-state index in [0.717, 1.165) is 0 Å². The van der Waals surface area contributed by atoms with Gasteiger partial charge in [-0.25, -0.2) is 13.9 Å². The SMILES string of the molecule is CCOc1nc(N)nc2c1ncn2[C@@H]1O[C@@H]2COP(=O)(OC(C)C)O[C@H]2[C@]1(F)Cl. The second-order valence-electron chi connectivity index (χ2n) is 6.77. The molecule has 0 spiro atoms. The van der Waals surface area contributed by atoms with Crippen LogP contribution in [0.1, 0.15) is 27.0 Å². The van der Waals surface area contributed by atoms with E-state index in [9.17, 15) is 4.57 Å². The zero-order chi connectivity index (χ0) is 21.0. The topological polar surface area (TPSA) is 133 Å². The first-order chi connectivity index (χ1) is 13.6. The summed E-state index contributed by atoms with van der Waals surface area (Å²) in [5.41, 5.74) is 6.16. The molecule has 2 fully saturated rings. The highest BCUT2D eigenvalue weighted by molar-refractivity contribution is 7.48. The van der Waals surface area contributed by atoms with Gasteiger partial charge in [-0.3, -0.25) is 18.1 Å². The molecule has 0 radical (unpaired) electrons. The van der Waals surface area contributed by atoms with Gasteiger partial charge in [0.25, 0.3) is 5.13 Å². The van der Waals surface area contributed by atoms with Gasteiger partial charge in [0.05, 0.1) is 25.6 Å². The van der Waals surface area contributed by atoms with Crippen molar-refractivity contribution in [1.29, 1.82) is 0 Å². The Morgan fingerprint density at radius 2 is 2.28 bits per heavy atom. The molecule has 0 aliphatic carbocycles. The van der Waals surface area contributed by atoms with Gasteiger partial charge in [0.1, 0.15) is 6.10 Å². The van der Waals surface area contributed by atoms with E-state index < -0.39 is 37.5 Å². The molecule has 2 N–H and O–H groups in total. The number of nitrogens with two attached hydrogens (primary N) is 1. The molecule has 1 unspecified atom stereocenters. The number of rotatable bonds is 5. The minimum atomic E-state index is -3.99. The van der Waals surface area contributed by atoms with E-state index in [-0.39, 0.29) is 29.6 Å². The van der Waals surface area contributed by atoms with Crippen molar-refractivity contribution >= 4 is 36.5 Å². The maximum atomic E-state index is 15.7. The molecule has 2 saturated heterocycles. The predicted octanol–water partition coefficient (Wildman–Crippen LogP) is 2.56. The summed E-state index contributed by atoms with van der Waals surface area (Å²) in [6.07, 6.45) is -2.93. The Morgan fingerprint density at radius 3 is 2.97 bits per heavy atom. The van der Waals surface area contributed by atoms with Gasteiger partial charge in [-0.05, 0) is 20.8 Å². The Balaban J connectivity index is 1.70. The fourth-order valence-corrected chi connectivity index (χ4v) is 5.18. The Morgan fingerprint density at radius 1 is 1.52 bits per heavy atom. The van der Waals surface area contributed by atoms with Crippen LogP contribution < -0.4 is 10.5 Å². The quantitative estimate of drug-likeness (QED) is 0.534. The highest BCUT2D eigenvalue weighted by Gasteiger charge is 2.63. The second kappa shape index (κ2) is 7.29. The first-order valence-electron chi connectivity index (χ1n) is 8.92. The van der Waals surface area contributed by atoms with Crippen LogP contribution >= 0.6 is 19.4 Å². The minimum Gasteiger partial charge on any atom is -0.476 e. The summed E-state index contributed by atoms with van der Waals surface area (Å²) >= 11 is 6.20. The van der Waals surface area contributed by atoms with Crippen molar-refractivity contribution in [2.45, 2.75) is 50.4 Å². The van der Waals surface area contributed by atoms with E-state index in [2.05, 4.69) is 15.0 Å². The Labute approximate surface area is 170 Å². The fraction of sp³-hybridized carbons (Fsp3) is 0.667. The minimum absolute atomic E-state index is 0.0911. The lowest BCUT2D eigenvalue weighted by Gasteiger charge is -2.33. The number of nitrogen functional groups attached to an aromatic ring is 1. The Bertz CT molecular complexity index is 974. The number of alkyl halides is 2. The van der Waals surface area contributed by atoms with Crippen LogP contribution in [0.5, 0.6) is 5.88 Å². The number of nitrogens with zero attached hydrogens (tertiary/aromatic N) is 4. The predicted molar refractivity (Wildman–Crippen MR) is 99.2 cm³/mol. The van der Waals surface area contributed by atoms with Gasteiger partial charge < -0.3 is 15.2 Å². The monoisotopic (exact) mass is 451 g/mol. The van der Waals surface area contributed by atoms with Crippen molar-refractivity contribution in [2.75, 3.05) is 18.9 Å². The summed E-state index contributed by atoms with van der Waals surface area (Å²) in [4.78, 5) is 12.3. The third-order valence-corrected chi connectivity index (χ3v) is 6.30. The van der Waals surface area contributed by atoms with Crippen LogP contribution in [0.25, 0.3) is 11.2 Å². The highest BCUT2D eigenvalue weighted by Crippen LogP contribution is 2.61. The first kappa shape index (κ1) is 20.7. The molecule has 0 amide bonds. The number of anilines is 1. The molecule has 2 aromatic heterocycles. The van der Waals surface area contributed by atoms with E-state index >= 15 is 4.39 Å². The van der Waals surface area contributed by atoms with E-state index in [1.807, 2.05) is 0 Å². The van der Waals surface area contributed by atoms with Crippen molar-refractivity contribution in [3.05, 3.63) is 6.33 Å². The first-order valence-corrected chi connectivity index (χ1v) is 10.8. The molecule has 0 bridgehead atoms. The van der Waals surface area contributed by atoms with Gasteiger partial charge >= 0.3 is 7.82 Å². The van der Waals surface area contributed by atoms with Gasteiger partial charge in [0.15, 0.2) is 23.5 Å². The molecule has 14 heteroatoms. The van der Waals surface area contributed by atoms with E-state index in [4.69, 9.17) is 40.4 Å². The number of phosphoric ester groups is 1. The lowest BCUT2D eigenvalue weighted by molar-refractivity contribution is -0.0733. The van der Waals surface area contributed by atoms with Gasteiger partial charge in [-0.1, -0.05) is 11.6 Å². The second-order valence-corrected chi connectivity index (χ2v) is 8.92.